The first-order chi connectivity index (χ1) is 8.16. The van der Waals surface area contributed by atoms with E-state index in [1.165, 1.54) is 0 Å². The summed E-state index contributed by atoms with van der Waals surface area (Å²) in [6.45, 7) is 0. The number of hydrogen-bond donors (Lipinski definition) is 1. The Morgan fingerprint density at radius 3 is 2.53 bits per heavy atom. The van der Waals surface area contributed by atoms with Gasteiger partial charge in [0.1, 0.15) is 0 Å². The molecule has 0 amide bonds. The van der Waals surface area contributed by atoms with E-state index in [0.717, 1.165) is 14.9 Å². The van der Waals surface area contributed by atoms with Crippen molar-refractivity contribution >= 4 is 33.2 Å². The van der Waals surface area contributed by atoms with E-state index in [2.05, 4.69) is 15.9 Å². The minimum absolute atomic E-state index is 0.471. The topological polar surface area (TPSA) is 37.3 Å². The molecule has 2 nitrogen and oxygen atoms in total. The molecule has 0 bridgehead atoms. The van der Waals surface area contributed by atoms with Crippen molar-refractivity contribution in [1.29, 1.82) is 0 Å². The molecule has 1 atom stereocenters. The van der Waals surface area contributed by atoms with Crippen LogP contribution in [0.15, 0.2) is 46.3 Å². The number of carbonyl (C=O) groups is 1. The zero-order valence-electron chi connectivity index (χ0n) is 8.97. The molecule has 0 aliphatic carbocycles. The van der Waals surface area contributed by atoms with Gasteiger partial charge in [-0.05, 0) is 35.6 Å². The molecule has 1 heterocycles. The first-order valence-electron chi connectivity index (χ1n) is 5.17. The summed E-state index contributed by atoms with van der Waals surface area (Å²) < 4.78 is 0.960. The number of halogens is 1. The van der Waals surface area contributed by atoms with Crippen LogP contribution in [0, 0.1) is 0 Å². The third-order valence-electron chi connectivity index (χ3n) is 2.56. The zero-order chi connectivity index (χ0) is 12.3. The third kappa shape index (κ3) is 3.17. The molecule has 1 N–H and O–H groups in total. The Kier molecular flexibility index (Phi) is 3.97. The normalized spacial score (nSPS) is 12.3. The summed E-state index contributed by atoms with van der Waals surface area (Å²) >= 11 is 4.94. The number of carboxylic acids is 1. The first kappa shape index (κ1) is 12.3. The standard InChI is InChI=1S/C13H11BrO2S/c14-10-5-3-9(4-6-10)12(13(15)16)8-11-2-1-7-17-11/h1-7,12H,8H2,(H,15,16). The highest BCUT2D eigenvalue weighted by molar-refractivity contribution is 9.10. The van der Waals surface area contributed by atoms with Gasteiger partial charge in [-0.1, -0.05) is 34.1 Å². The van der Waals surface area contributed by atoms with E-state index in [-0.39, 0.29) is 0 Å². The van der Waals surface area contributed by atoms with E-state index >= 15 is 0 Å². The van der Waals surface area contributed by atoms with Crippen LogP contribution < -0.4 is 0 Å². The number of carboxylic acid groups (broad SMARTS) is 1. The highest BCUT2D eigenvalue weighted by Crippen LogP contribution is 2.25. The summed E-state index contributed by atoms with van der Waals surface area (Å²) in [7, 11) is 0. The molecule has 2 aromatic rings. The van der Waals surface area contributed by atoms with E-state index in [1.54, 1.807) is 11.3 Å². The molecule has 2 rings (SSSR count). The van der Waals surface area contributed by atoms with Gasteiger partial charge in [0.25, 0.3) is 0 Å². The Morgan fingerprint density at radius 2 is 2.00 bits per heavy atom. The van der Waals surface area contributed by atoms with Crippen molar-refractivity contribution in [3.05, 3.63) is 56.7 Å². The van der Waals surface area contributed by atoms with E-state index in [0.29, 0.717) is 6.42 Å². The molecule has 88 valence electrons. The maximum atomic E-state index is 11.3. The SMILES string of the molecule is O=C(O)C(Cc1cccs1)c1ccc(Br)cc1. The average molecular weight is 311 g/mol. The second-order valence-corrected chi connectivity index (χ2v) is 5.67. The average Bonchev–Trinajstić information content (AvgIpc) is 2.80. The predicted octanol–water partition coefficient (Wildman–Crippen LogP) is 3.92. The molecular weight excluding hydrogens is 300 g/mol. The van der Waals surface area contributed by atoms with Crippen molar-refractivity contribution in [2.75, 3.05) is 0 Å². The van der Waals surface area contributed by atoms with Crippen molar-refractivity contribution in [3.63, 3.8) is 0 Å². The minimum Gasteiger partial charge on any atom is -0.481 e. The summed E-state index contributed by atoms with van der Waals surface area (Å²) in [6.07, 6.45) is 0.550. The molecule has 1 aromatic heterocycles. The fourth-order valence-corrected chi connectivity index (χ4v) is 2.69. The quantitative estimate of drug-likeness (QED) is 0.929. The van der Waals surface area contributed by atoms with Gasteiger partial charge in [-0.2, -0.15) is 0 Å². The van der Waals surface area contributed by atoms with Crippen LogP contribution in [0.25, 0.3) is 0 Å². The lowest BCUT2D eigenvalue weighted by Crippen LogP contribution is -2.13. The monoisotopic (exact) mass is 310 g/mol. The maximum Gasteiger partial charge on any atom is 0.311 e. The fraction of sp³-hybridized carbons (Fsp3) is 0.154. The number of benzene rings is 1. The maximum absolute atomic E-state index is 11.3. The van der Waals surface area contributed by atoms with Gasteiger partial charge >= 0.3 is 5.97 Å². The smallest absolute Gasteiger partial charge is 0.311 e. The van der Waals surface area contributed by atoms with Gasteiger partial charge in [0.05, 0.1) is 5.92 Å². The van der Waals surface area contributed by atoms with E-state index in [4.69, 9.17) is 0 Å². The van der Waals surface area contributed by atoms with Gasteiger partial charge < -0.3 is 5.11 Å². The molecule has 4 heteroatoms. The van der Waals surface area contributed by atoms with Crippen LogP contribution in [0.4, 0.5) is 0 Å². The lowest BCUT2D eigenvalue weighted by molar-refractivity contribution is -0.138. The van der Waals surface area contributed by atoms with Crippen LogP contribution in [0.1, 0.15) is 16.4 Å². The van der Waals surface area contributed by atoms with Gasteiger partial charge in [-0.3, -0.25) is 4.79 Å². The Hall–Kier alpha value is -1.13. The Labute approximate surface area is 112 Å². The number of hydrogen-bond acceptors (Lipinski definition) is 2. The highest BCUT2D eigenvalue weighted by atomic mass is 79.9. The lowest BCUT2D eigenvalue weighted by atomic mass is 9.95. The molecular formula is C13H11BrO2S. The predicted molar refractivity (Wildman–Crippen MR) is 72.5 cm³/mol. The van der Waals surface area contributed by atoms with Gasteiger partial charge in [0.2, 0.25) is 0 Å². The minimum atomic E-state index is -0.777. The van der Waals surface area contributed by atoms with Gasteiger partial charge in [-0.25, -0.2) is 0 Å². The lowest BCUT2D eigenvalue weighted by Gasteiger charge is -2.11. The van der Waals surface area contributed by atoms with Crippen molar-refractivity contribution in [2.24, 2.45) is 0 Å². The molecule has 0 fully saturated rings. The van der Waals surface area contributed by atoms with Crippen LogP contribution in [0.3, 0.4) is 0 Å². The summed E-state index contributed by atoms with van der Waals surface area (Å²) in [5.41, 5.74) is 0.842. The number of rotatable bonds is 4. The molecule has 17 heavy (non-hydrogen) atoms. The summed E-state index contributed by atoms with van der Waals surface area (Å²) in [4.78, 5) is 12.4. The van der Waals surface area contributed by atoms with Gasteiger partial charge in [-0.15, -0.1) is 11.3 Å². The van der Waals surface area contributed by atoms with Crippen LogP contribution >= 0.6 is 27.3 Å². The molecule has 0 aliphatic rings. The van der Waals surface area contributed by atoms with Crippen molar-refractivity contribution in [1.82, 2.24) is 0 Å². The van der Waals surface area contributed by atoms with Crippen molar-refractivity contribution < 1.29 is 9.90 Å². The Morgan fingerprint density at radius 1 is 1.29 bits per heavy atom. The Balaban J connectivity index is 2.23. The second-order valence-electron chi connectivity index (χ2n) is 3.73. The largest absolute Gasteiger partial charge is 0.481 e. The number of aliphatic carboxylic acids is 1. The van der Waals surface area contributed by atoms with Crippen molar-refractivity contribution in [2.45, 2.75) is 12.3 Å². The molecule has 0 aliphatic heterocycles. The summed E-state index contributed by atoms with van der Waals surface area (Å²) in [5.74, 6) is -1.25. The molecule has 0 radical (unpaired) electrons. The second kappa shape index (κ2) is 5.47. The van der Waals surface area contributed by atoms with Gasteiger partial charge in [0, 0.05) is 9.35 Å². The molecule has 0 saturated heterocycles. The summed E-state index contributed by atoms with van der Waals surface area (Å²) in [6, 6.07) is 11.4. The van der Waals surface area contributed by atoms with E-state index in [9.17, 15) is 9.90 Å². The molecule has 1 aromatic carbocycles. The summed E-state index contributed by atoms with van der Waals surface area (Å²) in [5, 5.41) is 11.3. The van der Waals surface area contributed by atoms with E-state index < -0.39 is 11.9 Å². The number of thiophene rings is 1. The van der Waals surface area contributed by atoms with Crippen LogP contribution in [-0.4, -0.2) is 11.1 Å². The zero-order valence-corrected chi connectivity index (χ0v) is 11.4. The van der Waals surface area contributed by atoms with Crippen LogP contribution in [0.5, 0.6) is 0 Å². The first-order valence-corrected chi connectivity index (χ1v) is 6.85. The molecule has 1 unspecified atom stereocenters. The fourth-order valence-electron chi connectivity index (χ4n) is 1.67. The van der Waals surface area contributed by atoms with Crippen LogP contribution in [0.2, 0.25) is 0 Å². The molecule has 0 saturated carbocycles. The van der Waals surface area contributed by atoms with Crippen LogP contribution in [-0.2, 0) is 11.2 Å². The molecule has 0 spiro atoms. The van der Waals surface area contributed by atoms with Crippen molar-refractivity contribution in [3.8, 4) is 0 Å². The van der Waals surface area contributed by atoms with Gasteiger partial charge in [0.15, 0.2) is 0 Å². The third-order valence-corrected chi connectivity index (χ3v) is 3.98. The Bertz CT molecular complexity index is 491. The van der Waals surface area contributed by atoms with E-state index in [1.807, 2.05) is 41.8 Å². The highest BCUT2D eigenvalue weighted by Gasteiger charge is 2.20.